The minimum absolute atomic E-state index is 0.0247. The molecule has 0 unspecified atom stereocenters. The van der Waals surface area contributed by atoms with Crippen molar-refractivity contribution in [2.75, 3.05) is 13.6 Å². The second-order valence-electron chi connectivity index (χ2n) is 2.22. The summed E-state index contributed by atoms with van der Waals surface area (Å²) in [5, 5.41) is 4.52. The van der Waals surface area contributed by atoms with Crippen molar-refractivity contribution in [2.45, 2.75) is 12.5 Å². The highest BCUT2D eigenvalue weighted by Gasteiger charge is 2.35. The molecule has 0 rings (SSSR count). The van der Waals surface area contributed by atoms with Crippen LogP contribution in [0.2, 0.25) is 6.04 Å². The van der Waals surface area contributed by atoms with E-state index in [9.17, 15) is 17.1 Å². The van der Waals surface area contributed by atoms with Crippen molar-refractivity contribution in [3.05, 3.63) is 0 Å². The number of carbonyl (C=O) groups excluding carboxylic acids is 1. The highest BCUT2D eigenvalue weighted by Crippen LogP contribution is 2.15. The summed E-state index contributed by atoms with van der Waals surface area (Å²) < 4.78 is 35.0. The lowest BCUT2D eigenvalue weighted by atomic mass is 10.5. The summed E-state index contributed by atoms with van der Waals surface area (Å²) in [5.74, 6) is 0. The van der Waals surface area contributed by atoms with Crippen LogP contribution in [0.1, 0.15) is 6.42 Å². The highest BCUT2D eigenvalue weighted by atomic mass is 28.5. The van der Waals surface area contributed by atoms with Gasteiger partial charge in [0.25, 0.3) is 0 Å². The predicted molar refractivity (Wildman–Crippen MR) is 41.0 cm³/mol. The quantitative estimate of drug-likeness (QED) is 0.399. The molecule has 0 aliphatic heterocycles. The van der Waals surface area contributed by atoms with Gasteiger partial charge in [-0.25, -0.2) is 17.1 Å². The van der Waals surface area contributed by atoms with E-state index in [1.165, 1.54) is 7.05 Å². The Balaban J connectivity index is 3.28. The van der Waals surface area contributed by atoms with E-state index < -0.39 is 21.2 Å². The first-order chi connectivity index (χ1) is 5.45. The van der Waals surface area contributed by atoms with Crippen LogP contribution >= 0.6 is 0 Å². The van der Waals surface area contributed by atoms with Crippen molar-refractivity contribution in [1.29, 1.82) is 0 Å². The van der Waals surface area contributed by atoms with Gasteiger partial charge in [-0.1, -0.05) is 0 Å². The molecule has 2 amide bonds. The van der Waals surface area contributed by atoms with Crippen molar-refractivity contribution in [1.82, 2.24) is 10.6 Å². The number of hydrogen-bond donors (Lipinski definition) is 2. The van der Waals surface area contributed by atoms with Crippen LogP contribution in [0.3, 0.4) is 0 Å². The molecule has 0 fully saturated rings. The molecule has 0 radical (unpaired) electrons. The van der Waals surface area contributed by atoms with Gasteiger partial charge in [-0.15, -0.1) is 0 Å². The Kier molecular flexibility index (Phi) is 4.71. The molecule has 12 heavy (non-hydrogen) atoms. The average Bonchev–Trinajstić information content (AvgIpc) is 1.96. The highest BCUT2D eigenvalue weighted by molar-refractivity contribution is 6.58. The van der Waals surface area contributed by atoms with E-state index >= 15 is 0 Å². The standard InChI is InChI=1S/C5H11F3N2OSi/c1-9-5(11)10-3-2-4-12(6,7)8/h2-4H2,1H3,(H2,9,10,11). The molecule has 0 saturated carbocycles. The van der Waals surface area contributed by atoms with Gasteiger partial charge >= 0.3 is 15.1 Å². The fourth-order valence-corrected chi connectivity index (χ4v) is 1.16. The maximum absolute atomic E-state index is 11.7. The van der Waals surface area contributed by atoms with E-state index in [4.69, 9.17) is 0 Å². The minimum atomic E-state index is -5.41. The molecule has 3 nitrogen and oxygen atoms in total. The van der Waals surface area contributed by atoms with Gasteiger partial charge in [0.15, 0.2) is 0 Å². The molecule has 0 spiro atoms. The second kappa shape index (κ2) is 5.02. The predicted octanol–water partition coefficient (Wildman–Crippen LogP) is 1.15. The number of nitrogens with one attached hydrogen (secondary N) is 2. The smallest absolute Gasteiger partial charge is 0.341 e. The van der Waals surface area contributed by atoms with Crippen molar-refractivity contribution < 1.29 is 17.1 Å². The topological polar surface area (TPSA) is 41.1 Å². The van der Waals surface area contributed by atoms with E-state index in [2.05, 4.69) is 10.6 Å². The third kappa shape index (κ3) is 7.38. The Morgan fingerprint density at radius 2 is 2.00 bits per heavy atom. The lowest BCUT2D eigenvalue weighted by Gasteiger charge is -2.04. The normalized spacial score (nSPS) is 11.0. The molecule has 0 saturated heterocycles. The van der Waals surface area contributed by atoms with Gasteiger partial charge in [0.05, 0.1) is 0 Å². The molecular formula is C5H11F3N2OSi. The first-order valence-corrected chi connectivity index (χ1v) is 5.32. The maximum Gasteiger partial charge on any atom is 0.616 e. The Morgan fingerprint density at radius 3 is 2.42 bits per heavy atom. The van der Waals surface area contributed by atoms with Crippen LogP contribution < -0.4 is 10.6 Å². The first kappa shape index (κ1) is 11.3. The third-order valence-electron chi connectivity index (χ3n) is 1.15. The van der Waals surface area contributed by atoms with Gasteiger partial charge < -0.3 is 10.6 Å². The zero-order chi connectivity index (χ0) is 9.61. The number of rotatable bonds is 4. The molecule has 2 N–H and O–H groups in total. The van der Waals surface area contributed by atoms with Gasteiger partial charge in [0.2, 0.25) is 0 Å². The van der Waals surface area contributed by atoms with Crippen LogP contribution in [0.5, 0.6) is 0 Å². The number of carbonyl (C=O) groups is 1. The van der Waals surface area contributed by atoms with Gasteiger partial charge in [0.1, 0.15) is 0 Å². The molecule has 0 aliphatic rings. The van der Waals surface area contributed by atoms with Gasteiger partial charge in [-0.3, -0.25) is 0 Å². The summed E-state index contributed by atoms with van der Waals surface area (Å²) >= 11 is 0. The molecule has 7 heteroatoms. The molecular weight excluding hydrogens is 189 g/mol. The summed E-state index contributed by atoms with van der Waals surface area (Å²) in [6.45, 7) is 0.0756. The fourth-order valence-electron chi connectivity index (χ4n) is 0.579. The van der Waals surface area contributed by atoms with E-state index in [0.29, 0.717) is 0 Å². The largest absolute Gasteiger partial charge is 0.616 e. The summed E-state index contributed by atoms with van der Waals surface area (Å²) in [6, 6.07) is -1.17. The molecule has 0 atom stereocenters. The lowest BCUT2D eigenvalue weighted by molar-refractivity contribution is 0.243. The minimum Gasteiger partial charge on any atom is -0.341 e. The van der Waals surface area contributed by atoms with Crippen molar-refractivity contribution >= 4 is 15.1 Å². The van der Waals surface area contributed by atoms with Gasteiger partial charge in [-0.2, -0.15) is 0 Å². The van der Waals surface area contributed by atoms with Crippen LogP contribution in [-0.4, -0.2) is 28.7 Å². The average molecular weight is 200 g/mol. The fraction of sp³-hybridized carbons (Fsp3) is 0.800. The second-order valence-corrected chi connectivity index (χ2v) is 3.95. The zero-order valence-electron chi connectivity index (χ0n) is 6.66. The number of halogens is 3. The number of amides is 2. The summed E-state index contributed by atoms with van der Waals surface area (Å²) in [5.41, 5.74) is 0. The molecule has 0 aliphatic carbocycles. The summed E-state index contributed by atoms with van der Waals surface area (Å²) in [4.78, 5) is 10.4. The third-order valence-corrected chi connectivity index (χ3v) is 2.07. The van der Waals surface area contributed by atoms with Crippen LogP contribution in [0, 0.1) is 0 Å². The van der Waals surface area contributed by atoms with Gasteiger partial charge in [-0.05, 0) is 6.42 Å². The Labute approximate surface area is 69.9 Å². The number of hydrogen-bond acceptors (Lipinski definition) is 1. The molecule has 72 valence electrons. The van der Waals surface area contributed by atoms with Crippen LogP contribution in [-0.2, 0) is 0 Å². The van der Waals surface area contributed by atoms with Crippen molar-refractivity contribution in [3.8, 4) is 0 Å². The first-order valence-electron chi connectivity index (χ1n) is 3.48. The van der Waals surface area contributed by atoms with Crippen LogP contribution in [0.25, 0.3) is 0 Å². The molecule has 0 aromatic carbocycles. The SMILES string of the molecule is CNC(=O)NCCC[Si](F)(F)F. The Morgan fingerprint density at radius 1 is 1.42 bits per heavy atom. The van der Waals surface area contributed by atoms with E-state index in [1.807, 2.05) is 0 Å². The molecule has 0 aromatic heterocycles. The zero-order valence-corrected chi connectivity index (χ0v) is 7.66. The van der Waals surface area contributed by atoms with Crippen LogP contribution in [0.4, 0.5) is 17.1 Å². The lowest BCUT2D eigenvalue weighted by Crippen LogP contribution is -2.33. The Bertz CT molecular complexity index is 150. The van der Waals surface area contributed by atoms with E-state index in [1.54, 1.807) is 0 Å². The maximum atomic E-state index is 11.7. The molecule has 0 aromatic rings. The van der Waals surface area contributed by atoms with Crippen molar-refractivity contribution in [3.63, 3.8) is 0 Å². The molecule has 0 bridgehead atoms. The monoisotopic (exact) mass is 200 g/mol. The van der Waals surface area contributed by atoms with E-state index in [0.717, 1.165) is 0 Å². The summed E-state index contributed by atoms with van der Waals surface area (Å²) in [6.07, 6.45) is -0.0247. The van der Waals surface area contributed by atoms with Crippen molar-refractivity contribution in [2.24, 2.45) is 0 Å². The Hall–Kier alpha value is -0.723. The van der Waals surface area contributed by atoms with Gasteiger partial charge in [0, 0.05) is 19.6 Å². The number of urea groups is 1. The van der Waals surface area contributed by atoms with Crippen LogP contribution in [0.15, 0.2) is 0 Å². The van der Waals surface area contributed by atoms with E-state index in [-0.39, 0.29) is 13.0 Å². The summed E-state index contributed by atoms with van der Waals surface area (Å²) in [7, 11) is -4.00. The molecule has 0 heterocycles.